The Labute approximate surface area is 200 Å². The Morgan fingerprint density at radius 1 is 1.00 bits per heavy atom. The maximum atomic E-state index is 13.3. The summed E-state index contributed by atoms with van der Waals surface area (Å²) in [6.45, 7) is 5.26. The summed E-state index contributed by atoms with van der Waals surface area (Å²) >= 11 is 6.12. The molecule has 1 aliphatic rings. The molecule has 8 heteroatoms. The third-order valence-corrected chi connectivity index (χ3v) is 6.56. The van der Waals surface area contributed by atoms with Gasteiger partial charge in [-0.3, -0.25) is 18.9 Å². The second-order valence-corrected chi connectivity index (χ2v) is 8.89. The van der Waals surface area contributed by atoms with Crippen LogP contribution >= 0.6 is 11.6 Å². The Kier molecular flexibility index (Phi) is 5.45. The first-order valence-electron chi connectivity index (χ1n) is 11.3. The Bertz CT molecular complexity index is 1550. The lowest BCUT2D eigenvalue weighted by Crippen LogP contribution is -2.38. The third-order valence-electron chi connectivity index (χ3n) is 6.33. The molecule has 1 aliphatic heterocycles. The number of benzene rings is 2. The van der Waals surface area contributed by atoms with Gasteiger partial charge in [-0.2, -0.15) is 5.10 Å². The molecule has 0 radical (unpaired) electrons. The van der Waals surface area contributed by atoms with Gasteiger partial charge in [0.1, 0.15) is 11.3 Å². The van der Waals surface area contributed by atoms with Crippen LogP contribution < -0.4 is 5.56 Å². The van der Waals surface area contributed by atoms with Crippen LogP contribution in [-0.2, 0) is 11.3 Å². The van der Waals surface area contributed by atoms with Gasteiger partial charge in [0.2, 0.25) is 0 Å². The summed E-state index contributed by atoms with van der Waals surface area (Å²) in [7, 11) is 0. The highest BCUT2D eigenvalue weighted by molar-refractivity contribution is 6.30. The number of hydrogen-bond donors (Lipinski definition) is 0. The van der Waals surface area contributed by atoms with E-state index in [4.69, 9.17) is 20.8 Å². The molecule has 4 heterocycles. The van der Waals surface area contributed by atoms with Gasteiger partial charge >= 0.3 is 0 Å². The first-order chi connectivity index (χ1) is 16.7. The monoisotopic (exact) mass is 474 g/mol. The van der Waals surface area contributed by atoms with E-state index in [1.165, 1.54) is 0 Å². The Morgan fingerprint density at radius 2 is 1.88 bits per heavy atom. The molecule has 172 valence electrons. The zero-order chi connectivity index (χ0) is 23.1. The first kappa shape index (κ1) is 21.2. The maximum Gasteiger partial charge on any atom is 0.266 e. The fraction of sp³-hybridized carbons (Fsp3) is 0.231. The largest absolute Gasteiger partial charge is 0.456 e. The molecule has 0 unspecified atom stereocenters. The number of hydrogen-bond acceptors (Lipinski definition) is 5. The van der Waals surface area contributed by atoms with E-state index in [-0.39, 0.29) is 5.56 Å². The van der Waals surface area contributed by atoms with E-state index in [0.29, 0.717) is 21.8 Å². The fourth-order valence-corrected chi connectivity index (χ4v) is 4.68. The van der Waals surface area contributed by atoms with E-state index >= 15 is 0 Å². The normalized spacial score (nSPS) is 14.9. The third kappa shape index (κ3) is 3.92. The minimum Gasteiger partial charge on any atom is -0.456 e. The highest BCUT2D eigenvalue weighted by Crippen LogP contribution is 2.28. The highest BCUT2D eigenvalue weighted by Gasteiger charge is 2.14. The molecule has 0 spiro atoms. The average Bonchev–Trinajstić information content (AvgIpc) is 3.48. The number of pyridine rings is 1. The molecular formula is C26H23ClN4O3. The summed E-state index contributed by atoms with van der Waals surface area (Å²) in [6.07, 6.45) is 3.61. The molecular weight excluding hydrogens is 452 g/mol. The van der Waals surface area contributed by atoms with Crippen LogP contribution in [0.15, 0.2) is 76.2 Å². The van der Waals surface area contributed by atoms with Crippen LogP contribution in [0.3, 0.4) is 0 Å². The smallest absolute Gasteiger partial charge is 0.266 e. The van der Waals surface area contributed by atoms with Gasteiger partial charge in [0, 0.05) is 47.5 Å². The lowest BCUT2D eigenvalue weighted by Gasteiger charge is -2.26. The molecule has 1 fully saturated rings. The van der Waals surface area contributed by atoms with Gasteiger partial charge in [-0.15, -0.1) is 0 Å². The number of fused-ring (bicyclic) bond motifs is 2. The maximum absolute atomic E-state index is 13.3. The lowest BCUT2D eigenvalue weighted by atomic mass is 10.1. The van der Waals surface area contributed by atoms with Crippen molar-refractivity contribution in [2.24, 2.45) is 0 Å². The minimum absolute atomic E-state index is 0.131. The van der Waals surface area contributed by atoms with Gasteiger partial charge in [-0.1, -0.05) is 23.7 Å². The molecule has 0 bridgehead atoms. The zero-order valence-electron chi connectivity index (χ0n) is 18.5. The van der Waals surface area contributed by atoms with E-state index < -0.39 is 0 Å². The Morgan fingerprint density at radius 3 is 2.74 bits per heavy atom. The van der Waals surface area contributed by atoms with Crippen LogP contribution in [0, 0.1) is 0 Å². The summed E-state index contributed by atoms with van der Waals surface area (Å²) in [6, 6.07) is 17.0. The number of furan rings is 1. The van der Waals surface area contributed by atoms with Crippen molar-refractivity contribution < 1.29 is 9.15 Å². The molecule has 0 N–H and O–H groups in total. The van der Waals surface area contributed by atoms with Crippen LogP contribution in [-0.4, -0.2) is 52.1 Å². The molecule has 0 saturated carbocycles. The summed E-state index contributed by atoms with van der Waals surface area (Å²) in [5.74, 6) is 0.615. The van der Waals surface area contributed by atoms with Gasteiger partial charge in [0.05, 0.1) is 36.9 Å². The minimum atomic E-state index is -0.131. The summed E-state index contributed by atoms with van der Waals surface area (Å²) in [5.41, 5.74) is 3.10. The number of morpholine rings is 1. The SMILES string of the molecule is O=c1c2cc(-c3cccc(Cl)c3)oc2ccn1-c1ccc2c(cnn2CCN2CCOCC2)c1. The van der Waals surface area contributed by atoms with Crippen LogP contribution in [0.1, 0.15) is 0 Å². The van der Waals surface area contributed by atoms with Crippen molar-refractivity contribution in [2.75, 3.05) is 32.8 Å². The molecule has 6 rings (SSSR count). The zero-order valence-corrected chi connectivity index (χ0v) is 19.2. The Hall–Kier alpha value is -3.39. The van der Waals surface area contributed by atoms with Crippen LogP contribution in [0.4, 0.5) is 0 Å². The second-order valence-electron chi connectivity index (χ2n) is 8.45. The molecule has 2 aromatic carbocycles. The topological polar surface area (TPSA) is 65.4 Å². The number of ether oxygens (including phenoxy) is 1. The first-order valence-corrected chi connectivity index (χ1v) is 11.7. The van der Waals surface area contributed by atoms with Crippen molar-refractivity contribution in [3.05, 3.63) is 82.4 Å². The van der Waals surface area contributed by atoms with Gasteiger partial charge in [-0.05, 0) is 42.5 Å². The molecule has 1 saturated heterocycles. The standard InChI is InChI=1S/C26H23ClN4O3/c27-20-3-1-2-18(14-20)25-16-22-24(34-25)6-7-30(26(22)32)21-4-5-23-19(15-21)17-28-31(23)9-8-29-10-12-33-13-11-29/h1-7,14-17H,8-13H2. The summed E-state index contributed by atoms with van der Waals surface area (Å²) in [4.78, 5) is 15.7. The highest BCUT2D eigenvalue weighted by atomic mass is 35.5. The van der Waals surface area contributed by atoms with Crippen LogP contribution in [0.2, 0.25) is 5.02 Å². The van der Waals surface area contributed by atoms with E-state index in [0.717, 1.165) is 61.5 Å². The lowest BCUT2D eigenvalue weighted by molar-refractivity contribution is 0.0361. The second kappa shape index (κ2) is 8.76. The summed E-state index contributed by atoms with van der Waals surface area (Å²) < 4.78 is 15.0. The number of nitrogens with zero attached hydrogens (tertiary/aromatic N) is 4. The van der Waals surface area contributed by atoms with Crippen molar-refractivity contribution in [1.82, 2.24) is 19.2 Å². The van der Waals surface area contributed by atoms with Crippen molar-refractivity contribution in [3.63, 3.8) is 0 Å². The average molecular weight is 475 g/mol. The van der Waals surface area contributed by atoms with Crippen molar-refractivity contribution in [2.45, 2.75) is 6.54 Å². The quantitative estimate of drug-likeness (QED) is 0.373. The predicted octanol–water partition coefficient (Wildman–Crippen LogP) is 4.59. The van der Waals surface area contributed by atoms with Crippen LogP contribution in [0.25, 0.3) is 38.9 Å². The summed E-state index contributed by atoms with van der Waals surface area (Å²) in [5, 5.41) is 6.72. The molecule has 7 nitrogen and oxygen atoms in total. The van der Waals surface area contributed by atoms with Gasteiger partial charge < -0.3 is 9.15 Å². The van der Waals surface area contributed by atoms with E-state index in [1.807, 2.05) is 59.4 Å². The number of aromatic nitrogens is 3. The molecule has 0 aliphatic carbocycles. The van der Waals surface area contributed by atoms with E-state index in [2.05, 4.69) is 10.00 Å². The Balaban J connectivity index is 1.30. The van der Waals surface area contributed by atoms with Gasteiger partial charge in [0.15, 0.2) is 0 Å². The van der Waals surface area contributed by atoms with E-state index in [9.17, 15) is 4.79 Å². The molecule has 5 aromatic rings. The van der Waals surface area contributed by atoms with Crippen molar-refractivity contribution >= 4 is 33.5 Å². The van der Waals surface area contributed by atoms with Crippen molar-refractivity contribution in [3.8, 4) is 17.0 Å². The molecule has 34 heavy (non-hydrogen) atoms. The molecule has 0 atom stereocenters. The van der Waals surface area contributed by atoms with Crippen molar-refractivity contribution in [1.29, 1.82) is 0 Å². The fourth-order valence-electron chi connectivity index (χ4n) is 4.49. The molecule has 0 amide bonds. The predicted molar refractivity (Wildman–Crippen MR) is 133 cm³/mol. The van der Waals surface area contributed by atoms with Gasteiger partial charge in [-0.25, -0.2) is 0 Å². The number of rotatable bonds is 5. The van der Waals surface area contributed by atoms with Crippen LogP contribution in [0.5, 0.6) is 0 Å². The van der Waals surface area contributed by atoms with Gasteiger partial charge in [0.25, 0.3) is 5.56 Å². The van der Waals surface area contributed by atoms with E-state index in [1.54, 1.807) is 16.8 Å². The molecule has 3 aromatic heterocycles. The number of halogens is 1.